The first-order chi connectivity index (χ1) is 22.9. The molecule has 0 aliphatic rings. The van der Waals surface area contributed by atoms with E-state index in [2.05, 4.69) is 72.8 Å². The largest absolute Gasteiger partial charge is 0.504 e. The molecular weight excluding hydrogens is 584 g/mol. The van der Waals surface area contributed by atoms with Crippen LogP contribution in [0.2, 0.25) is 0 Å². The van der Waals surface area contributed by atoms with Crippen molar-refractivity contribution in [3.05, 3.63) is 140 Å². The monoisotopic (exact) mass is 612 g/mol. The van der Waals surface area contributed by atoms with Crippen LogP contribution in [-0.4, -0.2) is 25.5 Å². The van der Waals surface area contributed by atoms with Gasteiger partial charge < -0.3 is 25.5 Å². The molecule has 0 bridgehead atoms. The van der Waals surface area contributed by atoms with E-state index >= 15 is 0 Å². The maximum absolute atomic E-state index is 11.2. The summed E-state index contributed by atoms with van der Waals surface area (Å²) < 4.78 is 0. The van der Waals surface area contributed by atoms with E-state index in [0.29, 0.717) is 16.3 Å². The summed E-state index contributed by atoms with van der Waals surface area (Å²) in [6, 6.07) is 46.7. The number of rotatable bonds is 4. The van der Waals surface area contributed by atoms with E-state index in [0.717, 1.165) is 54.9 Å². The van der Waals surface area contributed by atoms with E-state index in [1.165, 1.54) is 0 Å². The third kappa shape index (κ3) is 4.48. The highest BCUT2D eigenvalue weighted by atomic mass is 16.4. The highest BCUT2D eigenvalue weighted by molar-refractivity contribution is 6.23. The first-order valence-electron chi connectivity index (χ1n) is 15.2. The molecule has 0 amide bonds. The van der Waals surface area contributed by atoms with E-state index in [1.54, 1.807) is 0 Å². The van der Waals surface area contributed by atoms with Crippen molar-refractivity contribution in [2.45, 2.75) is 0 Å². The summed E-state index contributed by atoms with van der Waals surface area (Å²) >= 11 is 0. The molecule has 0 aliphatic carbocycles. The lowest BCUT2D eigenvalue weighted by Gasteiger charge is -2.21. The van der Waals surface area contributed by atoms with Gasteiger partial charge in [-0.3, -0.25) is 0 Å². The second-order valence-corrected chi connectivity index (χ2v) is 11.7. The molecule has 0 saturated carbocycles. The molecular formula is C42H28O5. The van der Waals surface area contributed by atoms with Gasteiger partial charge in [-0.15, -0.1) is 0 Å². The normalized spacial score (nSPS) is 11.4. The van der Waals surface area contributed by atoms with E-state index in [4.69, 9.17) is 0 Å². The van der Waals surface area contributed by atoms with Crippen LogP contribution in [0.4, 0.5) is 0 Å². The minimum absolute atomic E-state index is 0.180. The van der Waals surface area contributed by atoms with Crippen LogP contribution in [-0.2, 0) is 0 Å². The van der Waals surface area contributed by atoms with Gasteiger partial charge in [0, 0.05) is 5.56 Å². The summed E-state index contributed by atoms with van der Waals surface area (Å²) in [5.41, 5.74) is 6.23. The number of fused-ring (bicyclic) bond motifs is 3. The van der Waals surface area contributed by atoms with Gasteiger partial charge in [-0.25, -0.2) is 0 Å². The Hall–Kier alpha value is -6.46. The molecule has 0 unspecified atom stereocenters. The molecule has 8 rings (SSSR count). The molecule has 226 valence electrons. The van der Waals surface area contributed by atoms with Crippen LogP contribution >= 0.6 is 0 Å². The number of phenolic OH excluding ortho intramolecular Hbond substituents is 5. The van der Waals surface area contributed by atoms with Gasteiger partial charge in [0.2, 0.25) is 17.2 Å². The number of phenols is 5. The molecule has 0 atom stereocenters. The Morgan fingerprint density at radius 3 is 1.43 bits per heavy atom. The minimum atomic E-state index is -0.996. The van der Waals surface area contributed by atoms with Crippen molar-refractivity contribution in [3.8, 4) is 73.3 Å². The number of aromatic hydroxyl groups is 5. The molecule has 0 heterocycles. The average molecular weight is 613 g/mol. The summed E-state index contributed by atoms with van der Waals surface area (Å²) in [6.07, 6.45) is 0. The quantitative estimate of drug-likeness (QED) is 0.0773. The summed E-state index contributed by atoms with van der Waals surface area (Å²) in [4.78, 5) is 0. The van der Waals surface area contributed by atoms with Gasteiger partial charge in [0.1, 0.15) is 0 Å². The Morgan fingerprint density at radius 1 is 0.255 bits per heavy atom. The molecule has 0 aromatic heterocycles. The van der Waals surface area contributed by atoms with E-state index in [1.807, 2.05) is 66.7 Å². The predicted octanol–water partition coefficient (Wildman–Crippen LogP) is 10.3. The van der Waals surface area contributed by atoms with Gasteiger partial charge in [0.05, 0.1) is 5.56 Å². The molecule has 47 heavy (non-hydrogen) atoms. The van der Waals surface area contributed by atoms with Crippen LogP contribution in [0, 0.1) is 0 Å². The van der Waals surface area contributed by atoms with Gasteiger partial charge in [0.15, 0.2) is 11.5 Å². The summed E-state index contributed by atoms with van der Waals surface area (Å²) in [6.45, 7) is 0. The molecule has 8 aromatic carbocycles. The molecule has 0 aliphatic heterocycles. The zero-order valence-corrected chi connectivity index (χ0v) is 25.0. The van der Waals surface area contributed by atoms with Crippen molar-refractivity contribution in [1.82, 2.24) is 0 Å². The fourth-order valence-electron chi connectivity index (χ4n) is 6.69. The molecule has 5 N–H and O–H groups in total. The second kappa shape index (κ2) is 10.9. The zero-order valence-electron chi connectivity index (χ0n) is 25.0. The van der Waals surface area contributed by atoms with Gasteiger partial charge in [-0.1, -0.05) is 127 Å². The van der Waals surface area contributed by atoms with Crippen molar-refractivity contribution in [3.63, 3.8) is 0 Å². The lowest BCUT2D eigenvalue weighted by molar-refractivity contribution is 0.330. The maximum atomic E-state index is 11.2. The highest BCUT2D eigenvalue weighted by Gasteiger charge is 2.28. The summed E-state index contributed by atoms with van der Waals surface area (Å²) in [5, 5.41) is 59.1. The third-order valence-electron chi connectivity index (χ3n) is 9.01. The van der Waals surface area contributed by atoms with E-state index in [-0.39, 0.29) is 5.56 Å². The fourth-order valence-corrected chi connectivity index (χ4v) is 6.69. The SMILES string of the molecule is Oc1c(O)c(O)c(-c2c3ccccc3c(-c3ccc(-c4ccccc4)cc3)c3ccc(-c4ccc5ccccc5c4)cc23)c(O)c1O. The van der Waals surface area contributed by atoms with Gasteiger partial charge in [-0.05, 0) is 77.8 Å². The lowest BCUT2D eigenvalue weighted by Crippen LogP contribution is -1.93. The standard InChI is InChI=1S/C42H28O5/c43-38-37(39(44)41(46)42(47)40(38)45)36-32-13-7-6-12-31(32)35(27-17-14-26(15-18-27)24-8-2-1-3-9-24)33-21-20-30(23-34(33)36)29-19-16-25-10-4-5-11-28(25)22-29/h1-23,43-47H. The topological polar surface area (TPSA) is 101 Å². The van der Waals surface area contributed by atoms with Crippen LogP contribution in [0.25, 0.3) is 76.8 Å². The third-order valence-corrected chi connectivity index (χ3v) is 9.01. The average Bonchev–Trinajstić information content (AvgIpc) is 3.13. The van der Waals surface area contributed by atoms with Crippen LogP contribution in [0.1, 0.15) is 0 Å². The Bertz CT molecular complexity index is 2470. The van der Waals surface area contributed by atoms with Crippen molar-refractivity contribution in [2.24, 2.45) is 0 Å². The van der Waals surface area contributed by atoms with Gasteiger partial charge in [-0.2, -0.15) is 0 Å². The minimum Gasteiger partial charge on any atom is -0.504 e. The Balaban J connectivity index is 1.47. The second-order valence-electron chi connectivity index (χ2n) is 11.7. The number of hydrogen-bond acceptors (Lipinski definition) is 5. The zero-order chi connectivity index (χ0) is 32.2. The first-order valence-corrected chi connectivity index (χ1v) is 15.2. The number of benzene rings is 8. The van der Waals surface area contributed by atoms with Crippen molar-refractivity contribution >= 4 is 32.3 Å². The van der Waals surface area contributed by atoms with Crippen molar-refractivity contribution < 1.29 is 25.5 Å². The van der Waals surface area contributed by atoms with Gasteiger partial charge >= 0.3 is 0 Å². The number of hydrogen-bond donors (Lipinski definition) is 5. The predicted molar refractivity (Wildman–Crippen MR) is 189 cm³/mol. The highest BCUT2D eigenvalue weighted by Crippen LogP contribution is 2.58. The summed E-state index contributed by atoms with van der Waals surface area (Å²) in [5.74, 6) is -4.30. The Labute approximate surface area is 270 Å². The van der Waals surface area contributed by atoms with Crippen LogP contribution in [0.15, 0.2) is 140 Å². The Morgan fingerprint density at radius 2 is 0.723 bits per heavy atom. The van der Waals surface area contributed by atoms with Crippen molar-refractivity contribution in [1.29, 1.82) is 0 Å². The maximum Gasteiger partial charge on any atom is 0.208 e. The van der Waals surface area contributed by atoms with Crippen LogP contribution in [0.5, 0.6) is 28.7 Å². The fraction of sp³-hybridized carbons (Fsp3) is 0. The molecule has 0 fully saturated rings. The Kier molecular flexibility index (Phi) is 6.48. The smallest absolute Gasteiger partial charge is 0.208 e. The first kappa shape index (κ1) is 28.0. The van der Waals surface area contributed by atoms with E-state index in [9.17, 15) is 25.5 Å². The molecule has 0 saturated heterocycles. The van der Waals surface area contributed by atoms with Crippen LogP contribution in [0.3, 0.4) is 0 Å². The van der Waals surface area contributed by atoms with E-state index < -0.39 is 28.7 Å². The summed E-state index contributed by atoms with van der Waals surface area (Å²) in [7, 11) is 0. The molecule has 0 spiro atoms. The molecule has 5 heteroatoms. The lowest BCUT2D eigenvalue weighted by atomic mass is 9.84. The molecule has 0 radical (unpaired) electrons. The molecule has 5 nitrogen and oxygen atoms in total. The van der Waals surface area contributed by atoms with Gasteiger partial charge in [0.25, 0.3) is 0 Å². The molecule has 8 aromatic rings. The van der Waals surface area contributed by atoms with Crippen molar-refractivity contribution in [2.75, 3.05) is 0 Å². The van der Waals surface area contributed by atoms with Crippen LogP contribution < -0.4 is 0 Å².